The summed E-state index contributed by atoms with van der Waals surface area (Å²) in [6, 6.07) is 3.08. The van der Waals surface area contributed by atoms with Gasteiger partial charge in [0.1, 0.15) is 0 Å². The Morgan fingerprint density at radius 2 is 1.42 bits per heavy atom. The summed E-state index contributed by atoms with van der Waals surface area (Å²) >= 11 is 0. The van der Waals surface area contributed by atoms with Crippen LogP contribution in [0.3, 0.4) is 0 Å². The Kier molecular flexibility index (Phi) is 4.16. The zero-order valence-corrected chi connectivity index (χ0v) is 12.8. The minimum absolute atomic E-state index is 0.423. The second-order valence-electron chi connectivity index (χ2n) is 7.16. The number of hydrogen-bond acceptors (Lipinski definition) is 3. The third-order valence-corrected chi connectivity index (χ3v) is 5.51. The second kappa shape index (κ2) is 5.71. The van der Waals surface area contributed by atoms with E-state index in [4.69, 9.17) is 4.74 Å². The number of nitrogens with one attached hydrogen (secondary N) is 1. The number of nitrogens with zero attached hydrogens (tertiary/aromatic N) is 1. The molecule has 110 valence electrons. The quantitative estimate of drug-likeness (QED) is 0.831. The molecular formula is C16H30N2O. The molecule has 3 fully saturated rings. The highest BCUT2D eigenvalue weighted by molar-refractivity contribution is 4.95. The summed E-state index contributed by atoms with van der Waals surface area (Å²) in [7, 11) is 2.34. The van der Waals surface area contributed by atoms with Crippen molar-refractivity contribution in [2.75, 3.05) is 7.05 Å². The molecule has 4 unspecified atom stereocenters. The highest BCUT2D eigenvalue weighted by Gasteiger charge is 2.37. The van der Waals surface area contributed by atoms with Crippen LogP contribution in [0.4, 0.5) is 0 Å². The zero-order chi connectivity index (χ0) is 13.4. The standard InChI is InChI=1S/C16H30N2O/c1-11-7-13(8-12(2)19-11)17-14-9-15-5-4-6-16(10-14)18(15)3/h11-17H,4-10H2,1-3H3. The van der Waals surface area contributed by atoms with Gasteiger partial charge in [-0.3, -0.25) is 0 Å². The third-order valence-electron chi connectivity index (χ3n) is 5.51. The number of rotatable bonds is 2. The minimum atomic E-state index is 0.423. The van der Waals surface area contributed by atoms with E-state index in [2.05, 4.69) is 31.1 Å². The lowest BCUT2D eigenvalue weighted by Crippen LogP contribution is -2.56. The Balaban J connectivity index is 1.55. The number of ether oxygens (including phenoxy) is 1. The van der Waals surface area contributed by atoms with Gasteiger partial charge in [-0.15, -0.1) is 0 Å². The van der Waals surface area contributed by atoms with Gasteiger partial charge in [0.05, 0.1) is 12.2 Å². The molecule has 3 saturated heterocycles. The van der Waals surface area contributed by atoms with E-state index in [-0.39, 0.29) is 0 Å². The first-order chi connectivity index (χ1) is 9.11. The monoisotopic (exact) mass is 266 g/mol. The second-order valence-corrected chi connectivity index (χ2v) is 7.16. The van der Waals surface area contributed by atoms with Crippen LogP contribution in [0.1, 0.15) is 58.8 Å². The largest absolute Gasteiger partial charge is 0.375 e. The Hall–Kier alpha value is -0.120. The fourth-order valence-electron chi connectivity index (χ4n) is 4.63. The van der Waals surface area contributed by atoms with E-state index in [1.807, 2.05) is 0 Å². The van der Waals surface area contributed by atoms with Crippen LogP contribution in [-0.4, -0.2) is 48.3 Å². The first-order valence-corrected chi connectivity index (χ1v) is 8.25. The molecule has 19 heavy (non-hydrogen) atoms. The molecule has 0 saturated carbocycles. The molecule has 0 radical (unpaired) electrons. The lowest BCUT2D eigenvalue weighted by molar-refractivity contribution is -0.0470. The van der Waals surface area contributed by atoms with Crippen LogP contribution < -0.4 is 5.32 Å². The topological polar surface area (TPSA) is 24.5 Å². The van der Waals surface area contributed by atoms with Crippen molar-refractivity contribution in [1.29, 1.82) is 0 Å². The molecule has 3 heteroatoms. The fourth-order valence-corrected chi connectivity index (χ4v) is 4.63. The molecule has 3 aliphatic rings. The van der Waals surface area contributed by atoms with Crippen molar-refractivity contribution in [3.8, 4) is 0 Å². The molecule has 0 aromatic rings. The van der Waals surface area contributed by atoms with Gasteiger partial charge in [-0.05, 0) is 59.4 Å². The molecular weight excluding hydrogens is 236 g/mol. The smallest absolute Gasteiger partial charge is 0.0565 e. The van der Waals surface area contributed by atoms with E-state index in [1.54, 1.807) is 0 Å². The average Bonchev–Trinajstić information content (AvgIpc) is 2.29. The maximum Gasteiger partial charge on any atom is 0.0565 e. The van der Waals surface area contributed by atoms with Crippen molar-refractivity contribution in [3.05, 3.63) is 0 Å². The number of hydrogen-bond donors (Lipinski definition) is 1. The van der Waals surface area contributed by atoms with Crippen molar-refractivity contribution >= 4 is 0 Å². The van der Waals surface area contributed by atoms with Crippen molar-refractivity contribution in [3.63, 3.8) is 0 Å². The molecule has 2 bridgehead atoms. The Labute approximate surface area is 118 Å². The average molecular weight is 266 g/mol. The van der Waals surface area contributed by atoms with Crippen molar-refractivity contribution < 1.29 is 4.74 Å². The van der Waals surface area contributed by atoms with Crippen LogP contribution in [0.15, 0.2) is 0 Å². The summed E-state index contributed by atoms with van der Waals surface area (Å²) in [5, 5.41) is 3.96. The van der Waals surface area contributed by atoms with E-state index in [0.29, 0.717) is 18.2 Å². The highest BCUT2D eigenvalue weighted by Crippen LogP contribution is 2.33. The van der Waals surface area contributed by atoms with Gasteiger partial charge >= 0.3 is 0 Å². The van der Waals surface area contributed by atoms with Gasteiger partial charge in [-0.1, -0.05) is 6.42 Å². The molecule has 0 aromatic heterocycles. The van der Waals surface area contributed by atoms with E-state index in [0.717, 1.165) is 18.1 Å². The van der Waals surface area contributed by atoms with Crippen LogP contribution >= 0.6 is 0 Å². The maximum absolute atomic E-state index is 5.85. The summed E-state index contributed by atoms with van der Waals surface area (Å²) in [5.74, 6) is 0. The van der Waals surface area contributed by atoms with Gasteiger partial charge in [0.15, 0.2) is 0 Å². The molecule has 3 rings (SSSR count). The molecule has 1 N–H and O–H groups in total. The SMILES string of the molecule is CC1CC(NC2CC3CCCC(C2)N3C)CC(C)O1. The molecule has 0 aromatic carbocycles. The van der Waals surface area contributed by atoms with Crippen LogP contribution in [0.2, 0.25) is 0 Å². The summed E-state index contributed by atoms with van der Waals surface area (Å²) in [6.45, 7) is 4.43. The van der Waals surface area contributed by atoms with Crippen LogP contribution in [-0.2, 0) is 4.74 Å². The van der Waals surface area contributed by atoms with Crippen LogP contribution in [0, 0.1) is 0 Å². The summed E-state index contributed by atoms with van der Waals surface area (Å²) in [5.41, 5.74) is 0. The van der Waals surface area contributed by atoms with E-state index in [1.165, 1.54) is 44.9 Å². The fraction of sp³-hybridized carbons (Fsp3) is 1.00. The molecule has 4 atom stereocenters. The molecule has 0 spiro atoms. The van der Waals surface area contributed by atoms with Gasteiger partial charge in [0, 0.05) is 24.2 Å². The summed E-state index contributed by atoms with van der Waals surface area (Å²) < 4.78 is 5.85. The minimum Gasteiger partial charge on any atom is -0.375 e. The first-order valence-electron chi connectivity index (χ1n) is 8.25. The maximum atomic E-state index is 5.85. The lowest BCUT2D eigenvalue weighted by Gasteiger charge is -2.48. The Morgan fingerprint density at radius 3 is 2.00 bits per heavy atom. The normalized spacial score (nSPS) is 48.2. The van der Waals surface area contributed by atoms with Gasteiger partial charge in [0.25, 0.3) is 0 Å². The highest BCUT2D eigenvalue weighted by atomic mass is 16.5. The molecule has 3 heterocycles. The number of piperidine rings is 2. The van der Waals surface area contributed by atoms with E-state index >= 15 is 0 Å². The zero-order valence-electron chi connectivity index (χ0n) is 12.8. The summed E-state index contributed by atoms with van der Waals surface area (Å²) in [4.78, 5) is 2.65. The van der Waals surface area contributed by atoms with E-state index < -0.39 is 0 Å². The van der Waals surface area contributed by atoms with Crippen LogP contribution in [0.25, 0.3) is 0 Å². The predicted molar refractivity (Wildman–Crippen MR) is 78.4 cm³/mol. The number of fused-ring (bicyclic) bond motifs is 2. The van der Waals surface area contributed by atoms with Gasteiger partial charge in [-0.2, -0.15) is 0 Å². The van der Waals surface area contributed by atoms with Gasteiger partial charge in [-0.25, -0.2) is 0 Å². The molecule has 3 aliphatic heterocycles. The van der Waals surface area contributed by atoms with Crippen molar-refractivity contribution in [1.82, 2.24) is 10.2 Å². The van der Waals surface area contributed by atoms with Crippen molar-refractivity contribution in [2.24, 2.45) is 0 Å². The van der Waals surface area contributed by atoms with Crippen molar-refractivity contribution in [2.45, 2.75) is 95.2 Å². The van der Waals surface area contributed by atoms with E-state index in [9.17, 15) is 0 Å². The Morgan fingerprint density at radius 1 is 0.895 bits per heavy atom. The lowest BCUT2D eigenvalue weighted by atomic mass is 9.81. The Bertz CT molecular complexity index is 285. The van der Waals surface area contributed by atoms with Gasteiger partial charge < -0.3 is 15.0 Å². The third kappa shape index (κ3) is 3.14. The first kappa shape index (κ1) is 13.8. The van der Waals surface area contributed by atoms with Gasteiger partial charge in [0.2, 0.25) is 0 Å². The predicted octanol–water partition coefficient (Wildman–Crippen LogP) is 2.55. The molecule has 0 amide bonds. The van der Waals surface area contributed by atoms with Crippen LogP contribution in [0.5, 0.6) is 0 Å². The molecule has 0 aliphatic carbocycles. The molecule has 3 nitrogen and oxygen atoms in total. The summed E-state index contributed by atoms with van der Waals surface area (Å²) in [6.07, 6.45) is 10.2.